The number of hydrogen-bond donors (Lipinski definition) is 2. The minimum Gasteiger partial charge on any atom is -0.453 e. The van der Waals surface area contributed by atoms with E-state index in [2.05, 4.69) is 52.4 Å². The highest BCUT2D eigenvalue weighted by Crippen LogP contribution is 2.51. The number of methoxy groups -OCH3 is 1. The molecule has 1 amide bonds. The van der Waals surface area contributed by atoms with E-state index in [0.29, 0.717) is 22.8 Å². The number of anilines is 3. The zero-order valence-electron chi connectivity index (χ0n) is 21.0. The molecule has 2 aromatic carbocycles. The fraction of sp³-hybridized carbons (Fsp3) is 0.462. The van der Waals surface area contributed by atoms with E-state index in [1.54, 1.807) is 12.1 Å². The van der Waals surface area contributed by atoms with Gasteiger partial charge in [0, 0.05) is 17.4 Å². The van der Waals surface area contributed by atoms with Crippen LogP contribution in [0.5, 0.6) is 5.75 Å². The SMILES string of the molecule is COC(=O)Nc1ccc2c(c1)nc(Nc1ccc(OC(F)(F)F)cc1)n2C1CC(C)(C)CC(C)(C)C1. The van der Waals surface area contributed by atoms with E-state index in [0.717, 1.165) is 24.8 Å². The number of hydrogen-bond acceptors (Lipinski definition) is 5. The summed E-state index contributed by atoms with van der Waals surface area (Å²) >= 11 is 0. The first-order valence-electron chi connectivity index (χ1n) is 11.7. The summed E-state index contributed by atoms with van der Waals surface area (Å²) in [4.78, 5) is 16.5. The van der Waals surface area contributed by atoms with Gasteiger partial charge in [0.15, 0.2) is 0 Å². The second-order valence-electron chi connectivity index (χ2n) is 10.9. The van der Waals surface area contributed by atoms with Crippen LogP contribution < -0.4 is 15.4 Å². The van der Waals surface area contributed by atoms with Crippen molar-refractivity contribution in [2.75, 3.05) is 17.7 Å². The highest BCUT2D eigenvalue weighted by molar-refractivity contribution is 5.90. The van der Waals surface area contributed by atoms with Gasteiger partial charge in [-0.1, -0.05) is 27.7 Å². The van der Waals surface area contributed by atoms with Crippen molar-refractivity contribution in [3.63, 3.8) is 0 Å². The summed E-state index contributed by atoms with van der Waals surface area (Å²) in [5.74, 6) is 0.277. The summed E-state index contributed by atoms with van der Waals surface area (Å²) in [6.45, 7) is 9.07. The smallest absolute Gasteiger partial charge is 0.453 e. The molecule has 0 unspecified atom stereocenters. The number of fused-ring (bicyclic) bond motifs is 1. The summed E-state index contributed by atoms with van der Waals surface area (Å²) in [7, 11) is 1.29. The summed E-state index contributed by atoms with van der Waals surface area (Å²) in [6, 6.07) is 11.2. The number of nitrogens with zero attached hydrogens (tertiary/aromatic N) is 2. The van der Waals surface area contributed by atoms with Crippen molar-refractivity contribution in [2.45, 2.75) is 59.4 Å². The average molecular weight is 505 g/mol. The average Bonchev–Trinajstić information content (AvgIpc) is 3.09. The Bertz CT molecular complexity index is 1230. The number of amides is 1. The van der Waals surface area contributed by atoms with Gasteiger partial charge in [-0.2, -0.15) is 0 Å². The maximum Gasteiger partial charge on any atom is 0.573 e. The molecular formula is C26H31F3N4O3. The molecule has 0 aliphatic heterocycles. The predicted molar refractivity (Wildman–Crippen MR) is 133 cm³/mol. The van der Waals surface area contributed by atoms with Crippen molar-refractivity contribution in [2.24, 2.45) is 10.8 Å². The third-order valence-corrected chi connectivity index (χ3v) is 6.36. The zero-order chi connectivity index (χ0) is 26.3. The molecule has 1 aromatic heterocycles. The molecule has 2 N–H and O–H groups in total. The van der Waals surface area contributed by atoms with Gasteiger partial charge in [0.2, 0.25) is 5.95 Å². The number of nitrogens with one attached hydrogen (secondary N) is 2. The number of imidazole rings is 1. The molecule has 0 atom stereocenters. The second kappa shape index (κ2) is 9.22. The largest absolute Gasteiger partial charge is 0.573 e. The number of rotatable bonds is 5. The lowest BCUT2D eigenvalue weighted by atomic mass is 9.63. The van der Waals surface area contributed by atoms with Gasteiger partial charge in [-0.25, -0.2) is 9.78 Å². The van der Waals surface area contributed by atoms with Crippen molar-refractivity contribution in [1.29, 1.82) is 0 Å². The fourth-order valence-electron chi connectivity index (χ4n) is 5.64. The molecule has 4 rings (SSSR count). The molecule has 7 nitrogen and oxygen atoms in total. The molecule has 1 heterocycles. The summed E-state index contributed by atoms with van der Waals surface area (Å²) in [5, 5.41) is 5.93. The Balaban J connectivity index is 1.73. The lowest BCUT2D eigenvalue weighted by Crippen LogP contribution is -2.35. The summed E-state index contributed by atoms with van der Waals surface area (Å²) < 4.78 is 48.5. The van der Waals surface area contributed by atoms with Crippen LogP contribution in [0.15, 0.2) is 42.5 Å². The van der Waals surface area contributed by atoms with Gasteiger partial charge in [-0.05, 0) is 72.6 Å². The van der Waals surface area contributed by atoms with Crippen LogP contribution in [0.3, 0.4) is 0 Å². The summed E-state index contributed by atoms with van der Waals surface area (Å²) in [6.07, 6.45) is -2.35. The van der Waals surface area contributed by atoms with E-state index in [-0.39, 0.29) is 22.6 Å². The second-order valence-corrected chi connectivity index (χ2v) is 10.9. The number of benzene rings is 2. The first-order valence-corrected chi connectivity index (χ1v) is 11.7. The molecule has 0 radical (unpaired) electrons. The Morgan fingerprint density at radius 2 is 1.64 bits per heavy atom. The highest BCUT2D eigenvalue weighted by Gasteiger charge is 2.40. The molecule has 194 valence electrons. The maximum absolute atomic E-state index is 12.5. The topological polar surface area (TPSA) is 77.4 Å². The standard InChI is InChI=1S/C26H31F3N4O3/c1-24(2)13-18(14-25(3,4)15-24)33-21-11-8-17(31-23(34)35-5)12-20(21)32-22(33)30-16-6-9-19(10-7-16)36-26(27,28)29/h6-12,18H,13-15H2,1-5H3,(H,30,32)(H,31,34). The molecule has 10 heteroatoms. The van der Waals surface area contributed by atoms with Crippen LogP contribution in [0.2, 0.25) is 0 Å². The van der Waals surface area contributed by atoms with Crippen molar-refractivity contribution in [1.82, 2.24) is 9.55 Å². The van der Waals surface area contributed by atoms with Crippen molar-refractivity contribution >= 4 is 34.4 Å². The van der Waals surface area contributed by atoms with Gasteiger partial charge in [-0.15, -0.1) is 13.2 Å². The van der Waals surface area contributed by atoms with Crippen molar-refractivity contribution in [3.8, 4) is 5.75 Å². The van der Waals surface area contributed by atoms with Gasteiger partial charge < -0.3 is 19.4 Å². The van der Waals surface area contributed by atoms with Crippen LogP contribution in [0, 0.1) is 10.8 Å². The Kier molecular flexibility index (Phi) is 6.57. The number of aromatic nitrogens is 2. The van der Waals surface area contributed by atoms with Crippen LogP contribution >= 0.6 is 0 Å². The minimum absolute atomic E-state index is 0.114. The number of ether oxygens (including phenoxy) is 2. The quantitative estimate of drug-likeness (QED) is 0.373. The molecule has 3 aromatic rings. The highest BCUT2D eigenvalue weighted by atomic mass is 19.4. The van der Waals surface area contributed by atoms with Crippen molar-refractivity contribution in [3.05, 3.63) is 42.5 Å². The first-order chi connectivity index (χ1) is 16.7. The first kappa shape index (κ1) is 25.7. The number of carbonyl (C=O) groups excluding carboxylic acids is 1. The summed E-state index contributed by atoms with van der Waals surface area (Å²) in [5.41, 5.74) is 2.91. The fourth-order valence-corrected chi connectivity index (χ4v) is 5.64. The van der Waals surface area contributed by atoms with Crippen LogP contribution in [-0.4, -0.2) is 29.1 Å². The molecule has 0 bridgehead atoms. The van der Waals surface area contributed by atoms with Crippen LogP contribution in [0.4, 0.5) is 35.3 Å². The lowest BCUT2D eigenvalue weighted by molar-refractivity contribution is -0.274. The van der Waals surface area contributed by atoms with Gasteiger partial charge in [0.25, 0.3) is 0 Å². The van der Waals surface area contributed by atoms with E-state index in [4.69, 9.17) is 4.98 Å². The van der Waals surface area contributed by atoms with Crippen molar-refractivity contribution < 1.29 is 27.4 Å². The Morgan fingerprint density at radius 3 is 2.22 bits per heavy atom. The predicted octanol–water partition coefficient (Wildman–Crippen LogP) is 7.63. The van der Waals surface area contributed by atoms with E-state index < -0.39 is 12.5 Å². The van der Waals surface area contributed by atoms with Crippen LogP contribution in [0.1, 0.15) is 53.0 Å². The third-order valence-electron chi connectivity index (χ3n) is 6.36. The van der Waals surface area contributed by atoms with Gasteiger partial charge in [0.05, 0.1) is 18.1 Å². The lowest BCUT2D eigenvalue weighted by Gasteiger charge is -2.45. The molecule has 1 aliphatic rings. The van der Waals surface area contributed by atoms with E-state index in [1.807, 2.05) is 6.07 Å². The Labute approximate surface area is 208 Å². The Hall–Kier alpha value is -3.43. The van der Waals surface area contributed by atoms with Gasteiger partial charge >= 0.3 is 12.5 Å². The molecule has 0 spiro atoms. The monoisotopic (exact) mass is 504 g/mol. The van der Waals surface area contributed by atoms with Crippen LogP contribution in [0.25, 0.3) is 11.0 Å². The van der Waals surface area contributed by atoms with E-state index in [9.17, 15) is 18.0 Å². The van der Waals surface area contributed by atoms with E-state index >= 15 is 0 Å². The molecule has 1 aliphatic carbocycles. The van der Waals surface area contributed by atoms with E-state index in [1.165, 1.54) is 31.4 Å². The zero-order valence-corrected chi connectivity index (χ0v) is 21.0. The number of alkyl halides is 3. The third kappa shape index (κ3) is 6.03. The number of halogens is 3. The Morgan fingerprint density at radius 1 is 1.03 bits per heavy atom. The van der Waals surface area contributed by atoms with Crippen LogP contribution in [-0.2, 0) is 4.74 Å². The van der Waals surface area contributed by atoms with Gasteiger partial charge in [0.1, 0.15) is 5.75 Å². The normalized spacial score (nSPS) is 17.6. The molecule has 1 fully saturated rings. The number of carbonyl (C=O) groups is 1. The maximum atomic E-state index is 12.5. The molecular weight excluding hydrogens is 473 g/mol. The minimum atomic E-state index is -4.75. The molecule has 0 saturated heterocycles. The molecule has 36 heavy (non-hydrogen) atoms. The molecule has 1 saturated carbocycles. The van der Waals surface area contributed by atoms with Gasteiger partial charge in [-0.3, -0.25) is 5.32 Å².